The normalized spacial score (nSPS) is 16.4. The molecule has 0 radical (unpaired) electrons. The zero-order valence-electron chi connectivity index (χ0n) is 12.9. The maximum absolute atomic E-state index is 12.1. The van der Waals surface area contributed by atoms with Crippen LogP contribution in [0.15, 0.2) is 0 Å². The highest BCUT2D eigenvalue weighted by molar-refractivity contribution is 5.90. The third-order valence-corrected chi connectivity index (χ3v) is 4.11. The van der Waals surface area contributed by atoms with Crippen LogP contribution in [0.25, 0.3) is 0 Å². The predicted octanol–water partition coefficient (Wildman–Crippen LogP) is 0.940. The van der Waals surface area contributed by atoms with Crippen LogP contribution in [0, 0.1) is 0 Å². The van der Waals surface area contributed by atoms with E-state index in [-0.39, 0.29) is 18.7 Å². The maximum Gasteiger partial charge on any atom is 0.329 e. The average Bonchev–Trinajstić information content (AvgIpc) is 2.97. The van der Waals surface area contributed by atoms with Gasteiger partial charge in [-0.2, -0.15) is 0 Å². The van der Waals surface area contributed by atoms with Crippen LogP contribution in [0.4, 0.5) is 4.79 Å². The quantitative estimate of drug-likeness (QED) is 0.679. The molecule has 1 atom stereocenters. The first-order valence-electron chi connectivity index (χ1n) is 7.47. The van der Waals surface area contributed by atoms with Gasteiger partial charge in [-0.3, -0.25) is 4.79 Å². The third-order valence-electron chi connectivity index (χ3n) is 4.11. The van der Waals surface area contributed by atoms with E-state index in [0.717, 1.165) is 25.9 Å². The summed E-state index contributed by atoms with van der Waals surface area (Å²) in [4.78, 5) is 37.1. The Morgan fingerprint density at radius 3 is 2.14 bits per heavy atom. The molecule has 0 aliphatic carbocycles. The number of carboxylic acids is 1. The number of carbonyl (C=O) groups excluding carboxylic acids is 2. The summed E-state index contributed by atoms with van der Waals surface area (Å²) in [6, 6.07) is -1.29. The fourth-order valence-corrected chi connectivity index (χ4v) is 2.51. The van der Waals surface area contributed by atoms with Crippen molar-refractivity contribution in [1.29, 1.82) is 0 Å². The van der Waals surface area contributed by atoms with Crippen LogP contribution in [0.1, 0.15) is 46.5 Å². The number of hydrogen-bond acceptors (Lipinski definition) is 3. The molecular weight excluding hydrogens is 274 g/mol. The molecule has 3 N–H and O–H groups in total. The summed E-state index contributed by atoms with van der Waals surface area (Å²) in [5.41, 5.74) is -1.29. The second-order valence-electron chi connectivity index (χ2n) is 5.45. The van der Waals surface area contributed by atoms with Gasteiger partial charge in [0.15, 0.2) is 0 Å². The molecule has 7 heteroatoms. The van der Waals surface area contributed by atoms with Crippen LogP contribution in [-0.4, -0.2) is 52.6 Å². The van der Waals surface area contributed by atoms with E-state index < -0.39 is 23.6 Å². The minimum atomic E-state index is -1.29. The van der Waals surface area contributed by atoms with Gasteiger partial charge in [0.25, 0.3) is 0 Å². The topological polar surface area (TPSA) is 98.7 Å². The summed E-state index contributed by atoms with van der Waals surface area (Å²) in [6.07, 6.45) is 2.53. The van der Waals surface area contributed by atoms with Crippen LogP contribution in [-0.2, 0) is 9.59 Å². The van der Waals surface area contributed by atoms with Crippen LogP contribution >= 0.6 is 0 Å². The van der Waals surface area contributed by atoms with Crippen molar-refractivity contribution in [2.75, 3.05) is 13.1 Å². The van der Waals surface area contributed by atoms with E-state index in [4.69, 9.17) is 0 Å². The van der Waals surface area contributed by atoms with E-state index in [0.29, 0.717) is 0 Å². The van der Waals surface area contributed by atoms with Crippen molar-refractivity contribution in [2.45, 2.75) is 58.0 Å². The zero-order valence-corrected chi connectivity index (χ0v) is 12.9. The van der Waals surface area contributed by atoms with Crippen molar-refractivity contribution < 1.29 is 19.5 Å². The number of likely N-dealkylation sites (tertiary alicyclic amines) is 1. The van der Waals surface area contributed by atoms with Gasteiger partial charge in [-0.1, -0.05) is 13.8 Å². The van der Waals surface area contributed by atoms with Gasteiger partial charge in [0, 0.05) is 13.1 Å². The first-order valence-corrected chi connectivity index (χ1v) is 7.47. The lowest BCUT2D eigenvalue weighted by Crippen LogP contribution is -2.59. The maximum atomic E-state index is 12.1. The molecule has 1 saturated heterocycles. The van der Waals surface area contributed by atoms with Crippen molar-refractivity contribution in [3.05, 3.63) is 0 Å². The van der Waals surface area contributed by atoms with Crippen molar-refractivity contribution >= 4 is 17.9 Å². The molecule has 3 amide bonds. The number of amides is 3. The minimum absolute atomic E-state index is 0.128. The molecular formula is C14H25N3O4. The molecule has 21 heavy (non-hydrogen) atoms. The highest BCUT2D eigenvalue weighted by Crippen LogP contribution is 2.15. The number of rotatable bonds is 6. The molecule has 1 unspecified atom stereocenters. The van der Waals surface area contributed by atoms with Crippen LogP contribution in [0.2, 0.25) is 0 Å². The summed E-state index contributed by atoms with van der Waals surface area (Å²) >= 11 is 0. The van der Waals surface area contributed by atoms with Crippen molar-refractivity contribution in [2.24, 2.45) is 0 Å². The number of aliphatic carboxylic acids is 1. The summed E-state index contributed by atoms with van der Waals surface area (Å²) in [7, 11) is 0. The minimum Gasteiger partial charge on any atom is -0.480 e. The summed E-state index contributed by atoms with van der Waals surface area (Å²) in [5, 5.41) is 14.3. The van der Waals surface area contributed by atoms with E-state index in [1.165, 1.54) is 0 Å². The van der Waals surface area contributed by atoms with E-state index >= 15 is 0 Å². The Balaban J connectivity index is 2.59. The molecule has 0 aromatic heterocycles. The molecule has 0 spiro atoms. The molecule has 1 heterocycles. The standard InChI is InChI=1S/C14H25N3O4/c1-4-14(5-2,12(19)20)16-13(21)15-10(3)11(18)17-8-6-7-9-17/h10H,4-9H2,1-3H3,(H,19,20)(H2,15,16,21). The molecule has 120 valence electrons. The first kappa shape index (κ1) is 17.3. The lowest BCUT2D eigenvalue weighted by Gasteiger charge is -2.29. The number of nitrogens with zero attached hydrogens (tertiary/aromatic N) is 1. The third kappa shape index (κ3) is 4.09. The smallest absolute Gasteiger partial charge is 0.329 e. The van der Waals surface area contributed by atoms with Gasteiger partial charge >= 0.3 is 12.0 Å². The Kier molecular flexibility index (Phi) is 5.99. The Morgan fingerprint density at radius 1 is 1.19 bits per heavy atom. The average molecular weight is 299 g/mol. The zero-order chi connectivity index (χ0) is 16.0. The summed E-state index contributed by atoms with van der Waals surface area (Å²) < 4.78 is 0. The van der Waals surface area contributed by atoms with Gasteiger partial charge in [-0.05, 0) is 32.6 Å². The molecule has 1 aliphatic rings. The fraction of sp³-hybridized carbons (Fsp3) is 0.786. The van der Waals surface area contributed by atoms with Gasteiger partial charge in [0.1, 0.15) is 11.6 Å². The molecule has 0 bridgehead atoms. The predicted molar refractivity (Wildman–Crippen MR) is 77.9 cm³/mol. The lowest BCUT2D eigenvalue weighted by atomic mass is 9.93. The van der Waals surface area contributed by atoms with Gasteiger partial charge in [0.2, 0.25) is 5.91 Å². The fourth-order valence-electron chi connectivity index (χ4n) is 2.51. The molecule has 1 fully saturated rings. The number of hydrogen-bond donors (Lipinski definition) is 3. The van der Waals surface area contributed by atoms with Crippen molar-refractivity contribution in [3.63, 3.8) is 0 Å². The highest BCUT2D eigenvalue weighted by Gasteiger charge is 2.37. The van der Waals surface area contributed by atoms with E-state index in [9.17, 15) is 19.5 Å². The van der Waals surface area contributed by atoms with E-state index in [2.05, 4.69) is 10.6 Å². The molecule has 7 nitrogen and oxygen atoms in total. The van der Waals surface area contributed by atoms with Gasteiger partial charge in [0.05, 0.1) is 0 Å². The van der Waals surface area contributed by atoms with Crippen molar-refractivity contribution in [1.82, 2.24) is 15.5 Å². The van der Waals surface area contributed by atoms with Gasteiger partial charge in [-0.15, -0.1) is 0 Å². The second kappa shape index (κ2) is 7.28. The lowest BCUT2D eigenvalue weighted by molar-refractivity contribution is -0.144. The Labute approximate surface area is 125 Å². The molecule has 0 aromatic rings. The van der Waals surface area contributed by atoms with Crippen LogP contribution in [0.3, 0.4) is 0 Å². The van der Waals surface area contributed by atoms with E-state index in [1.807, 2.05) is 0 Å². The van der Waals surface area contributed by atoms with Crippen molar-refractivity contribution in [3.8, 4) is 0 Å². The number of carboxylic acid groups (broad SMARTS) is 1. The SMILES string of the molecule is CCC(CC)(NC(=O)NC(C)C(=O)N1CCCC1)C(=O)O. The summed E-state index contributed by atoms with van der Waals surface area (Å²) in [5.74, 6) is -1.20. The molecule has 0 aromatic carbocycles. The Hall–Kier alpha value is -1.79. The second-order valence-corrected chi connectivity index (χ2v) is 5.45. The monoisotopic (exact) mass is 299 g/mol. The molecule has 1 aliphatic heterocycles. The van der Waals surface area contributed by atoms with Gasteiger partial charge in [-0.25, -0.2) is 9.59 Å². The summed E-state index contributed by atoms with van der Waals surface area (Å²) in [6.45, 7) is 6.46. The van der Waals surface area contributed by atoms with Crippen LogP contribution < -0.4 is 10.6 Å². The first-order chi connectivity index (χ1) is 9.86. The van der Waals surface area contributed by atoms with E-state index in [1.54, 1.807) is 25.7 Å². The highest BCUT2D eigenvalue weighted by atomic mass is 16.4. The number of carbonyl (C=O) groups is 3. The van der Waals surface area contributed by atoms with Crippen LogP contribution in [0.5, 0.6) is 0 Å². The number of urea groups is 1. The Morgan fingerprint density at radius 2 is 1.71 bits per heavy atom. The van der Waals surface area contributed by atoms with Gasteiger partial charge < -0.3 is 20.6 Å². The largest absolute Gasteiger partial charge is 0.480 e. The number of nitrogens with one attached hydrogen (secondary N) is 2. The Bertz CT molecular complexity index is 401. The molecule has 1 rings (SSSR count). The molecule has 0 saturated carbocycles.